The molecule has 0 aliphatic carbocycles. The van der Waals surface area contributed by atoms with Gasteiger partial charge in [0, 0.05) is 33.8 Å². The Morgan fingerprint density at radius 2 is 1.31 bits per heavy atom. The summed E-state index contributed by atoms with van der Waals surface area (Å²) < 4.78 is 101. The number of rotatable bonds is 9. The summed E-state index contributed by atoms with van der Waals surface area (Å²) in [5.41, 5.74) is 6.26. The highest BCUT2D eigenvalue weighted by atomic mass is 32.2. The van der Waals surface area contributed by atoms with E-state index in [1.165, 1.54) is 54.6 Å². The van der Waals surface area contributed by atoms with Crippen LogP contribution in [0.2, 0.25) is 0 Å². The van der Waals surface area contributed by atoms with Gasteiger partial charge in [0.1, 0.15) is 26.9 Å². The van der Waals surface area contributed by atoms with Gasteiger partial charge in [0.25, 0.3) is 36.3 Å². The lowest BCUT2D eigenvalue weighted by Gasteiger charge is -2.11. The third-order valence-electron chi connectivity index (χ3n) is 8.03. The van der Waals surface area contributed by atoms with Gasteiger partial charge in [0.2, 0.25) is 0 Å². The lowest BCUT2D eigenvalue weighted by atomic mass is 10.1. The fraction of sp³-hybridized carbons (Fsp3) is 0.0294. The van der Waals surface area contributed by atoms with Gasteiger partial charge in [-0.05, 0) is 102 Å². The fourth-order valence-electron chi connectivity index (χ4n) is 5.34. The molecule has 0 spiro atoms. The summed E-state index contributed by atoms with van der Waals surface area (Å²) in [6, 6.07) is 19.1. The van der Waals surface area contributed by atoms with E-state index in [-0.39, 0.29) is 44.3 Å². The molecule has 6 rings (SSSR count). The smallest absolute Gasteiger partial charge is 0.296 e. The normalized spacial score (nSPS) is 12.6. The van der Waals surface area contributed by atoms with Crippen LogP contribution in [0.25, 0.3) is 21.5 Å². The molecule has 21 heteroatoms. The number of carbonyl (C=O) groups excluding carboxylic acids is 1. The summed E-state index contributed by atoms with van der Waals surface area (Å²) in [5, 5.41) is 40.3. The van der Waals surface area contributed by atoms with Crippen LogP contribution in [0.3, 0.4) is 0 Å². The maximum absolute atomic E-state index is 12.7. The summed E-state index contributed by atoms with van der Waals surface area (Å²) in [6.07, 6.45) is 0. The number of amides is 1. The molecule has 0 fully saturated rings. The quantitative estimate of drug-likeness (QED) is 0.0435. The van der Waals surface area contributed by atoms with Crippen molar-refractivity contribution in [2.45, 2.75) is 21.6 Å². The van der Waals surface area contributed by atoms with Crippen LogP contribution >= 0.6 is 0 Å². The minimum atomic E-state index is -5.02. The number of hydrogen-bond donors (Lipinski definition) is 7. The maximum Gasteiger partial charge on any atom is 0.296 e. The van der Waals surface area contributed by atoms with Crippen LogP contribution < -0.4 is 11.1 Å². The van der Waals surface area contributed by atoms with Crippen LogP contribution in [0.15, 0.2) is 126 Å². The SMILES string of the molecule is Cc1cc(N=Nc2c(S(=O)(=O)O)cc3cc(NC(=O)c4ccc(N)cc4)ccc3c2O)c(O)cc1N=Nc1ccc2cc(S(=O)(=O)O)cc(S(=O)(=O)O)c2c1. The molecule has 6 aromatic rings. The zero-order chi connectivity index (χ0) is 40.0. The highest BCUT2D eigenvalue weighted by molar-refractivity contribution is 7.87. The summed E-state index contributed by atoms with van der Waals surface area (Å²) in [4.78, 5) is 10.3. The van der Waals surface area contributed by atoms with Crippen molar-refractivity contribution < 1.29 is 53.9 Å². The van der Waals surface area contributed by atoms with Crippen LogP contribution in [-0.2, 0) is 30.4 Å². The third kappa shape index (κ3) is 8.26. The van der Waals surface area contributed by atoms with Crippen molar-refractivity contribution in [3.05, 3.63) is 102 Å². The van der Waals surface area contributed by atoms with E-state index in [9.17, 15) is 53.9 Å². The first-order valence-electron chi connectivity index (χ1n) is 15.3. The molecule has 18 nitrogen and oxygen atoms in total. The Kier molecular flexibility index (Phi) is 9.86. The minimum absolute atomic E-state index is 0.0310. The van der Waals surface area contributed by atoms with E-state index >= 15 is 0 Å². The van der Waals surface area contributed by atoms with E-state index in [2.05, 4.69) is 25.8 Å². The number of phenols is 2. The van der Waals surface area contributed by atoms with Gasteiger partial charge < -0.3 is 21.3 Å². The van der Waals surface area contributed by atoms with Gasteiger partial charge in [-0.25, -0.2) is 0 Å². The van der Waals surface area contributed by atoms with E-state index in [0.29, 0.717) is 22.9 Å². The topological polar surface area (TPSA) is 308 Å². The summed E-state index contributed by atoms with van der Waals surface area (Å²) in [6.45, 7) is 1.54. The summed E-state index contributed by atoms with van der Waals surface area (Å²) in [5.74, 6) is -1.70. The zero-order valence-corrected chi connectivity index (χ0v) is 30.3. The predicted molar refractivity (Wildman–Crippen MR) is 199 cm³/mol. The van der Waals surface area contributed by atoms with Gasteiger partial charge in [-0.2, -0.15) is 35.5 Å². The number of aromatic hydroxyl groups is 2. The predicted octanol–water partition coefficient (Wildman–Crippen LogP) is 7.12. The highest BCUT2D eigenvalue weighted by Gasteiger charge is 2.23. The number of hydrogen-bond acceptors (Lipinski definition) is 14. The molecule has 1 amide bonds. The van der Waals surface area contributed by atoms with Crippen molar-refractivity contribution in [2.24, 2.45) is 20.5 Å². The highest BCUT2D eigenvalue weighted by Crippen LogP contribution is 2.43. The lowest BCUT2D eigenvalue weighted by Crippen LogP contribution is -2.11. The second-order valence-electron chi connectivity index (χ2n) is 11.9. The molecule has 0 atom stereocenters. The number of carbonyl (C=O) groups is 1. The molecule has 0 aliphatic heterocycles. The lowest BCUT2D eigenvalue weighted by molar-refractivity contribution is 0.102. The Hall–Kier alpha value is -6.36. The van der Waals surface area contributed by atoms with E-state index in [1.807, 2.05) is 0 Å². The van der Waals surface area contributed by atoms with Gasteiger partial charge in [0.05, 0.1) is 16.3 Å². The van der Waals surface area contributed by atoms with Gasteiger partial charge in [-0.1, -0.05) is 6.07 Å². The number of nitrogen functional groups attached to an aromatic ring is 1. The van der Waals surface area contributed by atoms with E-state index in [0.717, 1.165) is 18.2 Å². The molecule has 6 aromatic carbocycles. The number of anilines is 2. The Bertz CT molecular complexity index is 2990. The maximum atomic E-state index is 12.7. The van der Waals surface area contributed by atoms with Crippen LogP contribution in [0.1, 0.15) is 15.9 Å². The van der Waals surface area contributed by atoms with Crippen molar-refractivity contribution >= 4 is 91.9 Å². The Labute approximate surface area is 311 Å². The van der Waals surface area contributed by atoms with Crippen LogP contribution in [0.4, 0.5) is 34.1 Å². The van der Waals surface area contributed by atoms with Crippen molar-refractivity contribution in [2.75, 3.05) is 11.1 Å². The number of azo groups is 2. The molecule has 282 valence electrons. The molecule has 0 bridgehead atoms. The molecule has 0 aromatic heterocycles. The molecular weight excluding hydrogens is 781 g/mol. The van der Waals surface area contributed by atoms with Crippen molar-refractivity contribution in [3.8, 4) is 11.5 Å². The van der Waals surface area contributed by atoms with Crippen molar-refractivity contribution in [3.63, 3.8) is 0 Å². The van der Waals surface area contributed by atoms with Gasteiger partial charge in [-0.3, -0.25) is 18.5 Å². The first kappa shape index (κ1) is 38.4. The first-order valence-corrected chi connectivity index (χ1v) is 19.6. The second-order valence-corrected chi connectivity index (χ2v) is 16.1. The molecule has 0 unspecified atom stereocenters. The Morgan fingerprint density at radius 1 is 0.636 bits per heavy atom. The molecule has 0 aliphatic rings. The Balaban J connectivity index is 1.30. The second kappa shape index (κ2) is 14.1. The molecule has 0 radical (unpaired) electrons. The van der Waals surface area contributed by atoms with Crippen molar-refractivity contribution in [1.29, 1.82) is 0 Å². The van der Waals surface area contributed by atoms with Crippen LogP contribution in [0.5, 0.6) is 11.5 Å². The standard InChI is InChI=1S/C34H26N6O12S3/c1-17-10-28(29(41)16-27(17)38-37-23-7-4-19-12-24(53(44,45)46)15-30(26(19)14-23)54(47,48)49)39-40-32-31(55(50,51)52)13-20-11-22(8-9-25(20)33(32)42)36-34(43)18-2-5-21(35)6-3-18/h2-16,41-42H,35H2,1H3,(H,36,43)(H,44,45,46)(H,47,48,49)(H,50,51,52). The molecule has 55 heavy (non-hydrogen) atoms. The summed E-state index contributed by atoms with van der Waals surface area (Å²) >= 11 is 0. The van der Waals surface area contributed by atoms with E-state index in [4.69, 9.17) is 5.73 Å². The number of fused-ring (bicyclic) bond motifs is 2. The monoisotopic (exact) mass is 806 g/mol. The number of nitrogens with zero attached hydrogens (tertiary/aromatic N) is 4. The van der Waals surface area contributed by atoms with Crippen LogP contribution in [0, 0.1) is 6.92 Å². The van der Waals surface area contributed by atoms with E-state index < -0.39 is 68.1 Å². The number of aryl methyl sites for hydroxylation is 1. The van der Waals surface area contributed by atoms with Crippen LogP contribution in [-0.4, -0.2) is 55.0 Å². The van der Waals surface area contributed by atoms with E-state index in [1.54, 1.807) is 19.1 Å². The number of nitrogens with two attached hydrogens (primary N) is 1. The average Bonchev–Trinajstić information content (AvgIpc) is 3.10. The molecule has 0 saturated heterocycles. The third-order valence-corrected chi connectivity index (χ3v) is 10.6. The van der Waals surface area contributed by atoms with Gasteiger partial charge in [-0.15, -0.1) is 10.2 Å². The first-order chi connectivity index (χ1) is 25.7. The molecular formula is C34H26N6O12S3. The van der Waals surface area contributed by atoms with Gasteiger partial charge >= 0.3 is 0 Å². The number of benzene rings is 6. The molecule has 0 saturated carbocycles. The Morgan fingerprint density at radius 3 is 1.96 bits per heavy atom. The average molecular weight is 807 g/mol. The zero-order valence-electron chi connectivity index (χ0n) is 27.8. The number of phenolic OH excluding ortho intramolecular Hbond substituents is 2. The largest absolute Gasteiger partial charge is 0.506 e. The minimum Gasteiger partial charge on any atom is -0.506 e. The van der Waals surface area contributed by atoms with Crippen molar-refractivity contribution in [1.82, 2.24) is 0 Å². The molecule has 0 heterocycles. The van der Waals surface area contributed by atoms with Gasteiger partial charge in [0.15, 0.2) is 5.75 Å². The number of nitrogens with one attached hydrogen (secondary N) is 1. The molecule has 8 N–H and O–H groups in total. The fourth-order valence-corrected chi connectivity index (χ4v) is 7.35. The summed E-state index contributed by atoms with van der Waals surface area (Å²) in [7, 11) is -14.8.